The monoisotopic (exact) mass is 299 g/mol. The van der Waals surface area contributed by atoms with Gasteiger partial charge >= 0.3 is 5.97 Å². The van der Waals surface area contributed by atoms with Crippen LogP contribution in [0.15, 0.2) is 22.4 Å². The third kappa shape index (κ3) is 1.48. The van der Waals surface area contributed by atoms with E-state index in [1.165, 1.54) is 11.6 Å². The van der Waals surface area contributed by atoms with Crippen LogP contribution in [0.2, 0.25) is 0 Å². The second-order valence-corrected chi connectivity index (χ2v) is 4.86. The summed E-state index contributed by atoms with van der Waals surface area (Å²) in [7, 11) is 0. The summed E-state index contributed by atoms with van der Waals surface area (Å²) in [6.07, 6.45) is 1.29. The summed E-state index contributed by atoms with van der Waals surface area (Å²) in [5, 5.41) is 9.97. The van der Waals surface area contributed by atoms with Crippen molar-refractivity contribution in [3.05, 3.63) is 50.9 Å². The highest BCUT2D eigenvalue weighted by atomic mass is 32.1. The van der Waals surface area contributed by atoms with Crippen LogP contribution in [0, 0.1) is 17.5 Å². The Balaban J connectivity index is 2.73. The summed E-state index contributed by atoms with van der Waals surface area (Å²) in [5.74, 6) is -6.29. The van der Waals surface area contributed by atoms with Gasteiger partial charge in [-0.25, -0.2) is 18.0 Å². The van der Waals surface area contributed by atoms with Gasteiger partial charge in [0, 0.05) is 11.6 Å². The Labute approximate surface area is 112 Å². The number of carboxylic acid groups (broad SMARTS) is 1. The van der Waals surface area contributed by atoms with Crippen molar-refractivity contribution in [3.63, 3.8) is 0 Å². The Morgan fingerprint density at radius 1 is 1.25 bits per heavy atom. The molecule has 0 amide bonds. The van der Waals surface area contributed by atoms with Gasteiger partial charge < -0.3 is 9.51 Å². The summed E-state index contributed by atoms with van der Waals surface area (Å²) in [5.41, 5.74) is -2.12. The number of aromatic nitrogens is 1. The molecule has 3 rings (SSSR count). The lowest BCUT2D eigenvalue weighted by atomic mass is 10.1. The Hall–Kier alpha value is -2.35. The maximum Gasteiger partial charge on any atom is 0.342 e. The van der Waals surface area contributed by atoms with E-state index in [4.69, 9.17) is 5.11 Å². The van der Waals surface area contributed by atoms with Crippen LogP contribution < -0.4 is 5.43 Å². The van der Waals surface area contributed by atoms with E-state index in [1.807, 2.05) is 0 Å². The molecule has 0 bridgehead atoms. The van der Waals surface area contributed by atoms with Gasteiger partial charge in [0.1, 0.15) is 10.4 Å². The molecule has 8 heteroatoms. The van der Waals surface area contributed by atoms with E-state index in [2.05, 4.69) is 0 Å². The summed E-state index contributed by atoms with van der Waals surface area (Å²) in [6.45, 7) is 0. The quantitative estimate of drug-likeness (QED) is 0.703. The van der Waals surface area contributed by atoms with Crippen molar-refractivity contribution in [2.45, 2.75) is 0 Å². The minimum Gasteiger partial charge on any atom is -0.477 e. The molecule has 1 N–H and O–H groups in total. The highest BCUT2D eigenvalue weighted by molar-refractivity contribution is 7.16. The lowest BCUT2D eigenvalue weighted by molar-refractivity contribution is 0.0697. The maximum atomic E-state index is 13.9. The van der Waals surface area contributed by atoms with Gasteiger partial charge in [0.2, 0.25) is 5.43 Å². The van der Waals surface area contributed by atoms with Gasteiger partial charge in [-0.05, 0) is 6.07 Å². The molecule has 0 spiro atoms. The minimum atomic E-state index is -1.71. The van der Waals surface area contributed by atoms with E-state index in [9.17, 15) is 22.8 Å². The van der Waals surface area contributed by atoms with Gasteiger partial charge in [-0.2, -0.15) is 0 Å². The molecule has 4 nitrogen and oxygen atoms in total. The fourth-order valence-electron chi connectivity index (χ4n) is 2.05. The van der Waals surface area contributed by atoms with E-state index in [-0.39, 0.29) is 4.83 Å². The maximum absolute atomic E-state index is 13.9. The Morgan fingerprint density at radius 2 is 1.95 bits per heavy atom. The topological polar surface area (TPSA) is 58.8 Å². The number of aromatic carboxylic acids is 1. The fraction of sp³-hybridized carbons (Fsp3) is 0. The van der Waals surface area contributed by atoms with E-state index >= 15 is 0 Å². The Morgan fingerprint density at radius 3 is 2.60 bits per heavy atom. The molecule has 0 aliphatic carbocycles. The number of carboxylic acids is 1. The number of hydrogen-bond donors (Lipinski definition) is 1. The number of fused-ring (bicyclic) bond motifs is 3. The third-order valence-electron chi connectivity index (χ3n) is 2.89. The van der Waals surface area contributed by atoms with Crippen molar-refractivity contribution in [2.75, 3.05) is 0 Å². The van der Waals surface area contributed by atoms with Crippen molar-refractivity contribution in [3.8, 4) is 0 Å². The molecule has 1 aromatic carbocycles. The number of halogens is 3. The highest BCUT2D eigenvalue weighted by Gasteiger charge is 2.24. The molecular weight excluding hydrogens is 295 g/mol. The summed E-state index contributed by atoms with van der Waals surface area (Å²) in [4.78, 5) is 23.2. The molecule has 0 saturated carbocycles. The average Bonchev–Trinajstić information content (AvgIpc) is 2.84. The lowest BCUT2D eigenvalue weighted by Crippen LogP contribution is -2.18. The number of benzene rings is 1. The molecule has 102 valence electrons. The zero-order valence-corrected chi connectivity index (χ0v) is 10.3. The number of carbonyl (C=O) groups is 1. The zero-order valence-electron chi connectivity index (χ0n) is 9.49. The SMILES string of the molecule is O=C(O)c1c(=O)c2cc(F)c(F)c(F)c2n2ccsc12. The first-order valence-electron chi connectivity index (χ1n) is 5.25. The Kier molecular flexibility index (Phi) is 2.58. The molecule has 20 heavy (non-hydrogen) atoms. The number of nitrogens with zero attached hydrogens (tertiary/aromatic N) is 1. The van der Waals surface area contributed by atoms with Gasteiger partial charge in [0.05, 0.1) is 10.9 Å². The number of rotatable bonds is 1. The smallest absolute Gasteiger partial charge is 0.342 e. The van der Waals surface area contributed by atoms with Gasteiger partial charge in [0.25, 0.3) is 0 Å². The molecular formula is C12H4F3NO3S. The summed E-state index contributed by atoms with van der Waals surface area (Å²) >= 11 is 0.889. The first-order chi connectivity index (χ1) is 9.43. The molecule has 0 aliphatic rings. The molecule has 0 atom stereocenters. The van der Waals surface area contributed by atoms with E-state index in [0.29, 0.717) is 6.07 Å². The lowest BCUT2D eigenvalue weighted by Gasteiger charge is -2.07. The molecule has 2 heterocycles. The first kappa shape index (κ1) is 12.7. The highest BCUT2D eigenvalue weighted by Crippen LogP contribution is 2.26. The summed E-state index contributed by atoms with van der Waals surface area (Å²) < 4.78 is 41.4. The van der Waals surface area contributed by atoms with Gasteiger partial charge in [-0.3, -0.25) is 4.79 Å². The molecule has 0 aliphatic heterocycles. The van der Waals surface area contributed by atoms with Crippen molar-refractivity contribution in [2.24, 2.45) is 0 Å². The molecule has 0 unspecified atom stereocenters. The van der Waals surface area contributed by atoms with Gasteiger partial charge in [-0.15, -0.1) is 11.3 Å². The first-order valence-corrected chi connectivity index (χ1v) is 6.13. The van der Waals surface area contributed by atoms with Crippen LogP contribution in [0.5, 0.6) is 0 Å². The largest absolute Gasteiger partial charge is 0.477 e. The van der Waals surface area contributed by atoms with Crippen LogP contribution in [0.25, 0.3) is 15.7 Å². The number of thiazole rings is 1. The zero-order chi connectivity index (χ0) is 14.6. The third-order valence-corrected chi connectivity index (χ3v) is 3.77. The van der Waals surface area contributed by atoms with E-state index < -0.39 is 45.3 Å². The van der Waals surface area contributed by atoms with E-state index in [0.717, 1.165) is 15.7 Å². The van der Waals surface area contributed by atoms with Crippen molar-refractivity contribution >= 4 is 33.0 Å². The van der Waals surface area contributed by atoms with Crippen LogP contribution in [-0.4, -0.2) is 15.5 Å². The van der Waals surface area contributed by atoms with Gasteiger partial charge in [0.15, 0.2) is 17.5 Å². The molecule has 3 aromatic rings. The number of pyridine rings is 1. The standard InChI is InChI=1S/C12H4F3NO3S/c13-5-3-4-9(8(15)7(5)14)16-1-2-20-11(16)6(10(4)17)12(18)19/h1-3H,(H,18,19). The minimum absolute atomic E-state index is 0.0418. The van der Waals surface area contributed by atoms with Crippen molar-refractivity contribution in [1.29, 1.82) is 0 Å². The van der Waals surface area contributed by atoms with Crippen LogP contribution in [0.4, 0.5) is 13.2 Å². The molecule has 0 radical (unpaired) electrons. The fourth-order valence-corrected chi connectivity index (χ4v) is 2.93. The summed E-state index contributed by atoms with van der Waals surface area (Å²) in [6, 6.07) is 0.507. The predicted molar refractivity (Wildman–Crippen MR) is 65.9 cm³/mol. The molecule has 0 fully saturated rings. The number of hydrogen-bond acceptors (Lipinski definition) is 3. The van der Waals surface area contributed by atoms with Crippen molar-refractivity contribution < 1.29 is 23.1 Å². The second kappa shape index (κ2) is 4.07. The van der Waals surface area contributed by atoms with Crippen molar-refractivity contribution in [1.82, 2.24) is 4.40 Å². The van der Waals surface area contributed by atoms with Crippen LogP contribution in [-0.2, 0) is 0 Å². The predicted octanol–water partition coefficient (Wildman–Crippen LogP) is 2.63. The van der Waals surface area contributed by atoms with E-state index in [1.54, 1.807) is 0 Å². The van der Waals surface area contributed by atoms with Crippen LogP contribution in [0.1, 0.15) is 10.4 Å². The average molecular weight is 299 g/mol. The normalized spacial score (nSPS) is 11.3. The Bertz CT molecular complexity index is 945. The second-order valence-electron chi connectivity index (χ2n) is 3.97. The molecule has 2 aromatic heterocycles. The molecule has 0 saturated heterocycles. The van der Waals surface area contributed by atoms with Crippen LogP contribution in [0.3, 0.4) is 0 Å². The van der Waals surface area contributed by atoms with Gasteiger partial charge in [-0.1, -0.05) is 0 Å². The van der Waals surface area contributed by atoms with Crippen LogP contribution >= 0.6 is 11.3 Å².